The molecular weight excluding hydrogens is 225 g/mol. The van der Waals surface area contributed by atoms with Crippen LogP contribution in [0.1, 0.15) is 10.4 Å². The minimum absolute atomic E-state index is 0.294. The maximum atomic E-state index is 11.5. The molecule has 0 heterocycles. The highest BCUT2D eigenvalue weighted by Crippen LogP contribution is 2.22. The first-order valence-corrected chi connectivity index (χ1v) is 4.67. The molecule has 0 aliphatic rings. The van der Waals surface area contributed by atoms with Crippen LogP contribution in [0.4, 0.5) is 0 Å². The summed E-state index contributed by atoms with van der Waals surface area (Å²) in [6, 6.07) is 3.56. The number of aliphatic hydroxyl groups is 1. The Hall–Kier alpha value is -0.610. The molecule has 1 rings (SSSR count). The molecule has 1 atom stereocenters. The molecule has 3 N–H and O–H groups in total. The molecule has 1 unspecified atom stereocenters. The molecule has 0 radical (unpaired) electrons. The van der Waals surface area contributed by atoms with E-state index in [-0.39, 0.29) is 12.4 Å². The van der Waals surface area contributed by atoms with E-state index in [1.165, 1.54) is 18.2 Å². The maximum absolute atomic E-state index is 11.5. The molecule has 0 bridgehead atoms. The number of hydrogen-bond donors (Lipinski definition) is 2. The van der Waals surface area contributed by atoms with Crippen LogP contribution in [0, 0.1) is 0 Å². The first-order chi connectivity index (χ1) is 6.56. The van der Waals surface area contributed by atoms with Crippen LogP contribution in [0.3, 0.4) is 0 Å². The number of rotatable bonds is 3. The van der Waals surface area contributed by atoms with E-state index in [2.05, 4.69) is 0 Å². The van der Waals surface area contributed by atoms with Gasteiger partial charge in [-0.3, -0.25) is 4.79 Å². The highest BCUT2D eigenvalue weighted by Gasteiger charge is 2.15. The van der Waals surface area contributed by atoms with Crippen molar-refractivity contribution >= 4 is 29.0 Å². The Morgan fingerprint density at radius 3 is 2.57 bits per heavy atom. The second kappa shape index (κ2) is 4.75. The number of aliphatic hydroxyl groups excluding tert-OH is 1. The highest BCUT2D eigenvalue weighted by molar-refractivity contribution is 6.42. The van der Waals surface area contributed by atoms with E-state index in [4.69, 9.17) is 34.0 Å². The lowest BCUT2D eigenvalue weighted by molar-refractivity contribution is 0.0925. The zero-order valence-corrected chi connectivity index (χ0v) is 8.72. The van der Waals surface area contributed by atoms with Gasteiger partial charge < -0.3 is 10.8 Å². The Morgan fingerprint density at radius 1 is 1.43 bits per heavy atom. The molecule has 76 valence electrons. The summed E-state index contributed by atoms with van der Waals surface area (Å²) in [7, 11) is 0. The van der Waals surface area contributed by atoms with Crippen molar-refractivity contribution < 1.29 is 9.90 Å². The van der Waals surface area contributed by atoms with E-state index in [1.807, 2.05) is 0 Å². The molecule has 0 saturated carbocycles. The van der Waals surface area contributed by atoms with Gasteiger partial charge in [0.05, 0.1) is 22.7 Å². The second-order valence-electron chi connectivity index (χ2n) is 2.78. The molecule has 5 heteroatoms. The summed E-state index contributed by atoms with van der Waals surface area (Å²) in [4.78, 5) is 11.5. The third kappa shape index (κ3) is 2.45. The van der Waals surface area contributed by atoms with Gasteiger partial charge in [-0.05, 0) is 18.2 Å². The van der Waals surface area contributed by atoms with Crippen LogP contribution in [-0.2, 0) is 0 Å². The van der Waals surface area contributed by atoms with Gasteiger partial charge in [-0.15, -0.1) is 0 Å². The lowest BCUT2D eigenvalue weighted by Gasteiger charge is -2.07. The third-order valence-electron chi connectivity index (χ3n) is 1.74. The van der Waals surface area contributed by atoms with Gasteiger partial charge in [0.25, 0.3) is 0 Å². The quantitative estimate of drug-likeness (QED) is 0.779. The van der Waals surface area contributed by atoms with E-state index in [0.717, 1.165) is 0 Å². The van der Waals surface area contributed by atoms with Crippen LogP contribution in [0.15, 0.2) is 18.2 Å². The standard InChI is InChI=1S/C9H9Cl2NO2/c10-6-2-1-5(3-7(6)11)9(14)8(12)4-13/h1-3,8,13H,4,12H2. The molecule has 1 aromatic carbocycles. The first-order valence-electron chi connectivity index (χ1n) is 3.92. The second-order valence-corrected chi connectivity index (χ2v) is 3.60. The minimum Gasteiger partial charge on any atom is -0.394 e. The number of ketones is 1. The lowest BCUT2D eigenvalue weighted by Crippen LogP contribution is -2.33. The number of carbonyl (C=O) groups excluding carboxylic acids is 1. The Bertz CT molecular complexity index is 355. The fraction of sp³-hybridized carbons (Fsp3) is 0.222. The number of carbonyl (C=O) groups is 1. The van der Waals surface area contributed by atoms with E-state index in [0.29, 0.717) is 15.6 Å². The average molecular weight is 234 g/mol. The van der Waals surface area contributed by atoms with Crippen molar-refractivity contribution in [1.82, 2.24) is 0 Å². The SMILES string of the molecule is NC(CO)C(=O)c1ccc(Cl)c(Cl)c1. The summed E-state index contributed by atoms with van der Waals surface area (Å²) < 4.78 is 0. The molecule has 0 aliphatic heterocycles. The molecule has 0 aliphatic carbocycles. The molecule has 1 aromatic rings. The van der Waals surface area contributed by atoms with E-state index in [1.54, 1.807) is 0 Å². The zero-order valence-electron chi connectivity index (χ0n) is 7.21. The number of halogens is 2. The van der Waals surface area contributed by atoms with Crippen molar-refractivity contribution in [2.75, 3.05) is 6.61 Å². The Morgan fingerprint density at radius 2 is 2.07 bits per heavy atom. The molecule has 0 spiro atoms. The van der Waals surface area contributed by atoms with Crippen LogP contribution in [0.25, 0.3) is 0 Å². The highest BCUT2D eigenvalue weighted by atomic mass is 35.5. The van der Waals surface area contributed by atoms with Crippen LogP contribution >= 0.6 is 23.2 Å². The molecule has 0 fully saturated rings. The van der Waals surface area contributed by atoms with Crippen molar-refractivity contribution in [3.8, 4) is 0 Å². The third-order valence-corrected chi connectivity index (χ3v) is 2.48. The molecule has 14 heavy (non-hydrogen) atoms. The molecule has 0 saturated heterocycles. The summed E-state index contributed by atoms with van der Waals surface area (Å²) in [5.74, 6) is -0.355. The molecular formula is C9H9Cl2NO2. The Labute approximate surface area is 91.4 Å². The zero-order chi connectivity index (χ0) is 10.7. The van der Waals surface area contributed by atoms with Gasteiger partial charge in [-0.25, -0.2) is 0 Å². The smallest absolute Gasteiger partial charge is 0.181 e. The van der Waals surface area contributed by atoms with E-state index >= 15 is 0 Å². The Balaban J connectivity index is 2.97. The predicted octanol–water partition coefficient (Wildman–Crippen LogP) is 1.50. The van der Waals surface area contributed by atoms with Crippen molar-refractivity contribution in [3.05, 3.63) is 33.8 Å². The van der Waals surface area contributed by atoms with Crippen LogP contribution in [0.5, 0.6) is 0 Å². The summed E-state index contributed by atoms with van der Waals surface area (Å²) in [5.41, 5.74) is 5.71. The van der Waals surface area contributed by atoms with E-state index < -0.39 is 6.04 Å². The topological polar surface area (TPSA) is 63.3 Å². The lowest BCUT2D eigenvalue weighted by atomic mass is 10.1. The molecule has 3 nitrogen and oxygen atoms in total. The summed E-state index contributed by atoms with van der Waals surface area (Å²) in [6.45, 7) is -0.390. The monoisotopic (exact) mass is 233 g/mol. The van der Waals surface area contributed by atoms with Gasteiger partial charge in [0.2, 0.25) is 0 Å². The summed E-state index contributed by atoms with van der Waals surface area (Å²) in [5, 5.41) is 9.36. The van der Waals surface area contributed by atoms with Gasteiger partial charge >= 0.3 is 0 Å². The predicted molar refractivity (Wildman–Crippen MR) is 55.9 cm³/mol. The summed E-state index contributed by atoms with van der Waals surface area (Å²) >= 11 is 11.4. The van der Waals surface area contributed by atoms with Gasteiger partial charge in [-0.1, -0.05) is 23.2 Å². The normalized spacial score (nSPS) is 12.6. The van der Waals surface area contributed by atoms with Gasteiger partial charge in [0.15, 0.2) is 5.78 Å². The molecule has 0 amide bonds. The maximum Gasteiger partial charge on any atom is 0.181 e. The van der Waals surface area contributed by atoms with Crippen LogP contribution in [0.2, 0.25) is 10.0 Å². The van der Waals surface area contributed by atoms with Crippen LogP contribution in [-0.4, -0.2) is 23.5 Å². The summed E-state index contributed by atoms with van der Waals surface area (Å²) in [6.07, 6.45) is 0. The van der Waals surface area contributed by atoms with Crippen molar-refractivity contribution in [3.63, 3.8) is 0 Å². The Kier molecular flexibility index (Phi) is 3.89. The van der Waals surface area contributed by atoms with Crippen molar-refractivity contribution in [2.45, 2.75) is 6.04 Å². The number of hydrogen-bond acceptors (Lipinski definition) is 3. The fourth-order valence-electron chi connectivity index (χ4n) is 0.946. The largest absolute Gasteiger partial charge is 0.394 e. The van der Waals surface area contributed by atoms with Gasteiger partial charge in [0, 0.05) is 5.56 Å². The molecule has 0 aromatic heterocycles. The van der Waals surface area contributed by atoms with Crippen molar-refractivity contribution in [2.24, 2.45) is 5.73 Å². The van der Waals surface area contributed by atoms with Gasteiger partial charge in [-0.2, -0.15) is 0 Å². The number of nitrogens with two attached hydrogens (primary N) is 1. The average Bonchev–Trinajstić information content (AvgIpc) is 2.20. The number of Topliss-reactive ketones (excluding diaryl/α,β-unsaturated/α-hetero) is 1. The first kappa shape index (κ1) is 11.5. The van der Waals surface area contributed by atoms with Crippen LogP contribution < -0.4 is 5.73 Å². The number of benzene rings is 1. The fourth-order valence-corrected chi connectivity index (χ4v) is 1.24. The van der Waals surface area contributed by atoms with Gasteiger partial charge in [0.1, 0.15) is 0 Å². The minimum atomic E-state index is -0.910. The van der Waals surface area contributed by atoms with Crippen molar-refractivity contribution in [1.29, 1.82) is 0 Å². The van der Waals surface area contributed by atoms with E-state index in [9.17, 15) is 4.79 Å².